The van der Waals surface area contributed by atoms with E-state index in [1.165, 1.54) is 0 Å². The summed E-state index contributed by atoms with van der Waals surface area (Å²) in [7, 11) is 4.93. The van der Waals surface area contributed by atoms with E-state index in [4.69, 9.17) is 9.47 Å². The maximum Gasteiger partial charge on any atom is 0.253 e. The summed E-state index contributed by atoms with van der Waals surface area (Å²) in [5.41, 5.74) is 0.570. The summed E-state index contributed by atoms with van der Waals surface area (Å²) in [6.45, 7) is 2.76. The van der Waals surface area contributed by atoms with E-state index < -0.39 is 0 Å². The quantitative estimate of drug-likeness (QED) is 0.753. The third kappa shape index (κ3) is 4.74. The van der Waals surface area contributed by atoms with Crippen molar-refractivity contribution in [2.45, 2.75) is 18.2 Å². The number of ether oxygens (including phenoxy) is 2. The number of hydrogen-bond donors (Lipinski definition) is 0. The summed E-state index contributed by atoms with van der Waals surface area (Å²) in [4.78, 5) is 14.4. The monoisotopic (exact) mass is 329 g/mol. The zero-order valence-electron chi connectivity index (χ0n) is 11.8. The first-order chi connectivity index (χ1) is 8.97. The molecule has 1 rings (SSSR count). The average Bonchev–Trinajstić information content (AvgIpc) is 2.42. The van der Waals surface area contributed by atoms with Gasteiger partial charge in [0.25, 0.3) is 5.91 Å². The second-order valence-electron chi connectivity index (χ2n) is 4.40. The standard InChI is InChI=1S/C14H20BrNO3/c1-10(15)5-6-16(2)14(17)11-7-12(18-3)9-13(8-11)19-4/h7-10H,5-6H2,1-4H3. The third-order valence-corrected chi connectivity index (χ3v) is 3.27. The van der Waals surface area contributed by atoms with Gasteiger partial charge in [0.05, 0.1) is 14.2 Å². The molecule has 0 saturated carbocycles. The highest BCUT2D eigenvalue weighted by molar-refractivity contribution is 9.09. The summed E-state index contributed by atoms with van der Waals surface area (Å²) < 4.78 is 10.3. The fourth-order valence-corrected chi connectivity index (χ4v) is 1.83. The molecule has 0 aromatic heterocycles. The SMILES string of the molecule is COc1cc(OC)cc(C(=O)N(C)CCC(C)Br)c1. The first-order valence-electron chi connectivity index (χ1n) is 6.10. The van der Waals surface area contributed by atoms with Gasteiger partial charge in [-0.25, -0.2) is 0 Å². The Morgan fingerprint density at radius 2 is 1.79 bits per heavy atom. The van der Waals surface area contributed by atoms with Crippen LogP contribution in [0.4, 0.5) is 0 Å². The minimum atomic E-state index is -0.0367. The summed E-state index contributed by atoms with van der Waals surface area (Å²) >= 11 is 3.48. The van der Waals surface area contributed by atoms with Gasteiger partial charge in [-0.2, -0.15) is 0 Å². The molecule has 1 atom stereocenters. The van der Waals surface area contributed by atoms with Crippen LogP contribution in [-0.2, 0) is 0 Å². The molecule has 0 aliphatic heterocycles. The van der Waals surface area contributed by atoms with Gasteiger partial charge in [0.15, 0.2) is 0 Å². The molecule has 1 unspecified atom stereocenters. The van der Waals surface area contributed by atoms with Crippen LogP contribution in [0, 0.1) is 0 Å². The highest BCUT2D eigenvalue weighted by atomic mass is 79.9. The lowest BCUT2D eigenvalue weighted by molar-refractivity contribution is 0.0793. The average molecular weight is 330 g/mol. The first kappa shape index (κ1) is 15.8. The Hall–Kier alpha value is -1.23. The van der Waals surface area contributed by atoms with Gasteiger partial charge in [-0.1, -0.05) is 22.9 Å². The number of methoxy groups -OCH3 is 2. The van der Waals surface area contributed by atoms with Gasteiger partial charge in [0, 0.05) is 30.0 Å². The molecule has 5 heteroatoms. The van der Waals surface area contributed by atoms with Gasteiger partial charge < -0.3 is 14.4 Å². The number of nitrogens with zero attached hydrogens (tertiary/aromatic N) is 1. The number of carbonyl (C=O) groups excluding carboxylic acids is 1. The minimum absolute atomic E-state index is 0.0367. The number of carbonyl (C=O) groups is 1. The zero-order valence-corrected chi connectivity index (χ0v) is 13.4. The van der Waals surface area contributed by atoms with E-state index >= 15 is 0 Å². The molecule has 0 aliphatic carbocycles. The molecule has 106 valence electrons. The fraction of sp³-hybridized carbons (Fsp3) is 0.500. The van der Waals surface area contributed by atoms with Crippen LogP contribution in [0.2, 0.25) is 0 Å². The smallest absolute Gasteiger partial charge is 0.253 e. The second-order valence-corrected chi connectivity index (χ2v) is 5.96. The lowest BCUT2D eigenvalue weighted by atomic mass is 10.1. The fourth-order valence-electron chi connectivity index (χ4n) is 1.62. The van der Waals surface area contributed by atoms with E-state index in [1.54, 1.807) is 44.4 Å². The van der Waals surface area contributed by atoms with Gasteiger partial charge in [0.2, 0.25) is 0 Å². The van der Waals surface area contributed by atoms with Crippen molar-refractivity contribution in [3.63, 3.8) is 0 Å². The molecule has 4 nitrogen and oxygen atoms in total. The number of hydrogen-bond acceptors (Lipinski definition) is 3. The lowest BCUT2D eigenvalue weighted by Gasteiger charge is -2.18. The molecule has 0 fully saturated rings. The normalized spacial score (nSPS) is 11.8. The molecule has 0 saturated heterocycles. The Morgan fingerprint density at radius 3 is 2.21 bits per heavy atom. The number of alkyl halides is 1. The summed E-state index contributed by atoms with van der Waals surface area (Å²) in [6, 6.07) is 5.19. The van der Waals surface area contributed by atoms with Crippen molar-refractivity contribution < 1.29 is 14.3 Å². The molecule has 0 N–H and O–H groups in total. The maximum absolute atomic E-state index is 12.3. The number of benzene rings is 1. The number of amides is 1. The summed E-state index contributed by atoms with van der Waals surface area (Å²) in [5.74, 6) is 1.19. The van der Waals surface area contributed by atoms with Gasteiger partial charge in [-0.3, -0.25) is 4.79 Å². The lowest BCUT2D eigenvalue weighted by Crippen LogP contribution is -2.28. The molecule has 19 heavy (non-hydrogen) atoms. The minimum Gasteiger partial charge on any atom is -0.497 e. The molecular weight excluding hydrogens is 310 g/mol. The molecule has 0 bridgehead atoms. The van der Waals surface area contributed by atoms with Crippen molar-refractivity contribution >= 4 is 21.8 Å². The Morgan fingerprint density at radius 1 is 1.26 bits per heavy atom. The van der Waals surface area contributed by atoms with Crippen LogP contribution < -0.4 is 9.47 Å². The molecule has 0 heterocycles. The third-order valence-electron chi connectivity index (χ3n) is 2.81. The number of halogens is 1. The molecule has 0 spiro atoms. The van der Waals surface area contributed by atoms with E-state index in [0.717, 1.165) is 6.42 Å². The van der Waals surface area contributed by atoms with Gasteiger partial charge >= 0.3 is 0 Å². The van der Waals surface area contributed by atoms with Crippen LogP contribution in [-0.4, -0.2) is 43.4 Å². The van der Waals surface area contributed by atoms with Gasteiger partial charge in [-0.05, 0) is 18.6 Å². The van der Waals surface area contributed by atoms with E-state index in [1.807, 2.05) is 0 Å². The molecule has 0 radical (unpaired) electrons. The Bertz CT molecular complexity index is 412. The highest BCUT2D eigenvalue weighted by Gasteiger charge is 2.14. The molecule has 1 amide bonds. The second kappa shape index (κ2) is 7.38. The van der Waals surface area contributed by atoms with Crippen LogP contribution in [0.1, 0.15) is 23.7 Å². The Kier molecular flexibility index (Phi) is 6.15. The molecule has 0 aliphatic rings. The predicted molar refractivity (Wildman–Crippen MR) is 79.5 cm³/mol. The van der Waals surface area contributed by atoms with Gasteiger partial charge in [-0.15, -0.1) is 0 Å². The largest absolute Gasteiger partial charge is 0.497 e. The molecule has 1 aromatic carbocycles. The van der Waals surface area contributed by atoms with Crippen molar-refractivity contribution in [3.05, 3.63) is 23.8 Å². The van der Waals surface area contributed by atoms with E-state index in [-0.39, 0.29) is 5.91 Å². The topological polar surface area (TPSA) is 38.8 Å². The predicted octanol–water partition coefficient (Wildman–Crippen LogP) is 2.95. The van der Waals surface area contributed by atoms with Crippen LogP contribution in [0.5, 0.6) is 11.5 Å². The van der Waals surface area contributed by atoms with Crippen molar-refractivity contribution in [2.75, 3.05) is 27.8 Å². The van der Waals surface area contributed by atoms with Crippen molar-refractivity contribution in [2.24, 2.45) is 0 Å². The molecular formula is C14H20BrNO3. The van der Waals surface area contributed by atoms with Crippen molar-refractivity contribution in [1.29, 1.82) is 0 Å². The zero-order chi connectivity index (χ0) is 14.4. The first-order valence-corrected chi connectivity index (χ1v) is 7.02. The summed E-state index contributed by atoms with van der Waals surface area (Å²) in [6.07, 6.45) is 0.906. The van der Waals surface area contributed by atoms with Crippen LogP contribution in [0.15, 0.2) is 18.2 Å². The Balaban J connectivity index is 2.85. The maximum atomic E-state index is 12.3. The van der Waals surface area contributed by atoms with Crippen molar-refractivity contribution in [1.82, 2.24) is 4.90 Å². The summed E-state index contributed by atoms with van der Waals surface area (Å²) in [5, 5.41) is 0. The molecule has 1 aromatic rings. The van der Waals surface area contributed by atoms with E-state index in [9.17, 15) is 4.79 Å². The van der Waals surface area contributed by atoms with Crippen molar-refractivity contribution in [3.8, 4) is 11.5 Å². The van der Waals surface area contributed by atoms with Crippen LogP contribution >= 0.6 is 15.9 Å². The Labute approximate surface area is 122 Å². The van der Waals surface area contributed by atoms with E-state index in [2.05, 4.69) is 22.9 Å². The highest BCUT2D eigenvalue weighted by Crippen LogP contribution is 2.23. The van der Waals surface area contributed by atoms with Gasteiger partial charge in [0.1, 0.15) is 11.5 Å². The van der Waals surface area contributed by atoms with E-state index in [0.29, 0.717) is 28.4 Å². The van der Waals surface area contributed by atoms with Crippen LogP contribution in [0.25, 0.3) is 0 Å². The van der Waals surface area contributed by atoms with Crippen LogP contribution in [0.3, 0.4) is 0 Å². The number of rotatable bonds is 6.